The summed E-state index contributed by atoms with van der Waals surface area (Å²) in [6.45, 7) is 5.07. The number of nitrogens with zero attached hydrogens (tertiary/aromatic N) is 5. The molecule has 1 saturated heterocycles. The number of fused-ring (bicyclic) bond motifs is 1. The third kappa shape index (κ3) is 3.50. The minimum Gasteiger partial charge on any atom is -0.394 e. The van der Waals surface area contributed by atoms with Gasteiger partial charge in [-0.25, -0.2) is 4.98 Å². The number of aliphatic hydroxyl groups excluding tert-OH is 1. The first-order valence-corrected chi connectivity index (χ1v) is 10.1. The van der Waals surface area contributed by atoms with Gasteiger partial charge in [-0.15, -0.1) is 0 Å². The van der Waals surface area contributed by atoms with Gasteiger partial charge < -0.3 is 19.9 Å². The highest BCUT2D eigenvalue weighted by molar-refractivity contribution is 6.42. The van der Waals surface area contributed by atoms with E-state index in [1.165, 1.54) is 0 Å². The second-order valence-electron chi connectivity index (χ2n) is 7.22. The number of anilines is 3. The Hall–Kier alpha value is -2.09. The third-order valence-corrected chi connectivity index (χ3v) is 5.73. The Labute approximate surface area is 173 Å². The number of hydrogen-bond acceptors (Lipinski definition) is 6. The molecule has 0 unspecified atom stereocenters. The molecule has 148 valence electrons. The van der Waals surface area contributed by atoms with Crippen LogP contribution in [-0.4, -0.2) is 43.8 Å². The van der Waals surface area contributed by atoms with Crippen LogP contribution >= 0.6 is 23.2 Å². The Morgan fingerprint density at radius 1 is 1.25 bits per heavy atom. The number of aliphatic hydroxyl groups is 1. The lowest BCUT2D eigenvalue weighted by molar-refractivity contribution is 0.265. The lowest BCUT2D eigenvalue weighted by Crippen LogP contribution is -2.33. The van der Waals surface area contributed by atoms with Crippen molar-refractivity contribution in [3.05, 3.63) is 34.6 Å². The van der Waals surface area contributed by atoms with E-state index in [2.05, 4.69) is 29.0 Å². The number of imidazole rings is 1. The van der Waals surface area contributed by atoms with Crippen molar-refractivity contribution >= 4 is 51.8 Å². The molecule has 1 aliphatic heterocycles. The zero-order chi connectivity index (χ0) is 19.8. The van der Waals surface area contributed by atoms with Crippen LogP contribution in [0.5, 0.6) is 0 Å². The van der Waals surface area contributed by atoms with Gasteiger partial charge in [0.1, 0.15) is 0 Å². The quantitative estimate of drug-likeness (QED) is 0.635. The zero-order valence-electron chi connectivity index (χ0n) is 15.7. The molecule has 28 heavy (non-hydrogen) atoms. The van der Waals surface area contributed by atoms with Crippen molar-refractivity contribution in [1.29, 1.82) is 0 Å². The predicted molar refractivity (Wildman–Crippen MR) is 113 cm³/mol. The van der Waals surface area contributed by atoms with Crippen molar-refractivity contribution in [3.8, 4) is 0 Å². The van der Waals surface area contributed by atoms with Gasteiger partial charge in [0.05, 0.1) is 29.0 Å². The summed E-state index contributed by atoms with van der Waals surface area (Å²) in [6.07, 6.45) is 3.71. The first-order valence-electron chi connectivity index (χ1n) is 9.32. The standard InChI is InChI=1S/C19H22Cl2N6O/c1-11(2)27-10-22-16-17(23-12-5-6-14(20)15(21)8-12)24-19(25-18(16)27)26-7-3-4-13(26)9-28/h5-6,8,10-11,13,28H,3-4,7,9H2,1-2H3,(H,23,24,25)/t13-/m1/s1. The fraction of sp³-hybridized carbons (Fsp3) is 0.421. The summed E-state index contributed by atoms with van der Waals surface area (Å²) in [5.41, 5.74) is 2.20. The molecule has 1 atom stereocenters. The van der Waals surface area contributed by atoms with E-state index in [0.717, 1.165) is 30.7 Å². The van der Waals surface area contributed by atoms with E-state index in [1.807, 2.05) is 10.6 Å². The average Bonchev–Trinajstić information content (AvgIpc) is 3.31. The predicted octanol–water partition coefficient (Wildman–Crippen LogP) is 4.42. The monoisotopic (exact) mass is 420 g/mol. The largest absolute Gasteiger partial charge is 0.394 e. The van der Waals surface area contributed by atoms with E-state index < -0.39 is 0 Å². The molecule has 3 aromatic rings. The van der Waals surface area contributed by atoms with E-state index in [-0.39, 0.29) is 18.7 Å². The van der Waals surface area contributed by atoms with E-state index in [9.17, 15) is 5.11 Å². The molecule has 0 bridgehead atoms. The van der Waals surface area contributed by atoms with Gasteiger partial charge in [0.2, 0.25) is 5.95 Å². The van der Waals surface area contributed by atoms with Crippen molar-refractivity contribution in [3.63, 3.8) is 0 Å². The topological polar surface area (TPSA) is 79.1 Å². The molecule has 4 rings (SSSR count). The Kier molecular flexibility index (Phi) is 5.31. The first-order chi connectivity index (χ1) is 13.5. The van der Waals surface area contributed by atoms with Crippen LogP contribution in [0.3, 0.4) is 0 Å². The fourth-order valence-corrected chi connectivity index (χ4v) is 3.80. The van der Waals surface area contributed by atoms with E-state index >= 15 is 0 Å². The van der Waals surface area contributed by atoms with Crippen molar-refractivity contribution < 1.29 is 5.11 Å². The van der Waals surface area contributed by atoms with Crippen molar-refractivity contribution in [2.45, 2.75) is 38.8 Å². The van der Waals surface area contributed by atoms with Crippen molar-refractivity contribution in [1.82, 2.24) is 19.5 Å². The maximum atomic E-state index is 9.72. The minimum absolute atomic E-state index is 0.0331. The van der Waals surface area contributed by atoms with Crippen LogP contribution in [0.4, 0.5) is 17.5 Å². The Morgan fingerprint density at radius 2 is 2.07 bits per heavy atom. The van der Waals surface area contributed by atoms with Gasteiger partial charge in [-0.2, -0.15) is 9.97 Å². The van der Waals surface area contributed by atoms with Gasteiger partial charge in [0.15, 0.2) is 17.0 Å². The van der Waals surface area contributed by atoms with E-state index in [0.29, 0.717) is 27.3 Å². The molecule has 3 heterocycles. The van der Waals surface area contributed by atoms with Gasteiger partial charge in [0.25, 0.3) is 0 Å². The van der Waals surface area contributed by atoms with E-state index in [4.69, 9.17) is 33.2 Å². The first kappa shape index (κ1) is 19.2. The summed E-state index contributed by atoms with van der Waals surface area (Å²) >= 11 is 12.2. The highest BCUT2D eigenvalue weighted by Gasteiger charge is 2.28. The molecule has 0 saturated carbocycles. The van der Waals surface area contributed by atoms with Gasteiger partial charge in [-0.3, -0.25) is 0 Å². The second-order valence-corrected chi connectivity index (χ2v) is 8.03. The number of halogens is 2. The maximum absolute atomic E-state index is 9.72. The Morgan fingerprint density at radius 3 is 2.79 bits per heavy atom. The number of benzene rings is 1. The lowest BCUT2D eigenvalue weighted by Gasteiger charge is -2.23. The van der Waals surface area contributed by atoms with Crippen molar-refractivity contribution in [2.24, 2.45) is 0 Å². The summed E-state index contributed by atoms with van der Waals surface area (Å²) < 4.78 is 2.02. The summed E-state index contributed by atoms with van der Waals surface area (Å²) in [6, 6.07) is 5.57. The molecule has 1 aliphatic rings. The molecule has 0 radical (unpaired) electrons. The van der Waals surface area contributed by atoms with Crippen LogP contribution in [-0.2, 0) is 0 Å². The molecule has 0 spiro atoms. The molecule has 0 aliphatic carbocycles. The van der Waals surface area contributed by atoms with Gasteiger partial charge >= 0.3 is 0 Å². The summed E-state index contributed by atoms with van der Waals surface area (Å²) in [7, 11) is 0. The molecular weight excluding hydrogens is 399 g/mol. The Bertz CT molecular complexity index is 1010. The van der Waals surface area contributed by atoms with Crippen LogP contribution < -0.4 is 10.2 Å². The number of rotatable bonds is 5. The number of hydrogen-bond donors (Lipinski definition) is 2. The Balaban J connectivity index is 1.82. The van der Waals surface area contributed by atoms with Crippen LogP contribution in [0.15, 0.2) is 24.5 Å². The molecule has 1 fully saturated rings. The number of aromatic nitrogens is 4. The fourth-order valence-electron chi connectivity index (χ4n) is 3.50. The molecule has 7 nitrogen and oxygen atoms in total. The highest BCUT2D eigenvalue weighted by Crippen LogP contribution is 2.32. The third-order valence-electron chi connectivity index (χ3n) is 4.99. The van der Waals surface area contributed by atoms with Crippen LogP contribution in [0, 0.1) is 0 Å². The van der Waals surface area contributed by atoms with E-state index in [1.54, 1.807) is 18.5 Å². The molecule has 0 amide bonds. The smallest absolute Gasteiger partial charge is 0.229 e. The maximum Gasteiger partial charge on any atom is 0.229 e. The van der Waals surface area contributed by atoms with Crippen LogP contribution in [0.2, 0.25) is 10.0 Å². The van der Waals surface area contributed by atoms with Crippen LogP contribution in [0.25, 0.3) is 11.2 Å². The molecule has 2 N–H and O–H groups in total. The molecule has 9 heteroatoms. The molecule has 2 aromatic heterocycles. The molecule has 1 aromatic carbocycles. The normalized spacial score (nSPS) is 17.1. The highest BCUT2D eigenvalue weighted by atomic mass is 35.5. The second kappa shape index (κ2) is 7.73. The summed E-state index contributed by atoms with van der Waals surface area (Å²) in [5.74, 6) is 1.19. The minimum atomic E-state index is 0.0331. The van der Waals surface area contributed by atoms with Crippen LogP contribution in [0.1, 0.15) is 32.7 Å². The zero-order valence-corrected chi connectivity index (χ0v) is 17.2. The van der Waals surface area contributed by atoms with Gasteiger partial charge in [-0.1, -0.05) is 23.2 Å². The number of nitrogens with one attached hydrogen (secondary N) is 1. The SMILES string of the molecule is CC(C)n1cnc2c(Nc3ccc(Cl)c(Cl)c3)nc(N3CCC[C@@H]3CO)nc21. The van der Waals surface area contributed by atoms with Crippen molar-refractivity contribution in [2.75, 3.05) is 23.4 Å². The van der Waals surface area contributed by atoms with Gasteiger partial charge in [-0.05, 0) is 44.9 Å². The summed E-state index contributed by atoms with van der Waals surface area (Å²) in [4.78, 5) is 16.1. The lowest BCUT2D eigenvalue weighted by atomic mass is 10.2. The molecular formula is C19H22Cl2N6O. The average molecular weight is 421 g/mol. The van der Waals surface area contributed by atoms with Gasteiger partial charge in [0, 0.05) is 18.3 Å². The summed E-state index contributed by atoms with van der Waals surface area (Å²) in [5, 5.41) is 14.0.